The maximum atomic E-state index is 13.1. The quantitative estimate of drug-likeness (QED) is 0.786. The van der Waals surface area contributed by atoms with Gasteiger partial charge in [0, 0.05) is 24.0 Å². The first-order valence-corrected chi connectivity index (χ1v) is 7.61. The predicted molar refractivity (Wildman–Crippen MR) is 78.6 cm³/mol. The standard InChI is InChI=1S/C13H12FN3S2/c1-8(12-15-4-5-18-12)7-16-13-17-10-3-2-9(14)6-11(10)19-13/h2-6,8H,7H2,1H3,(H,16,17). The minimum absolute atomic E-state index is 0.223. The van der Waals surface area contributed by atoms with E-state index in [0.717, 1.165) is 26.9 Å². The highest BCUT2D eigenvalue weighted by molar-refractivity contribution is 7.22. The van der Waals surface area contributed by atoms with Crippen LogP contribution in [0.1, 0.15) is 17.8 Å². The molecule has 3 rings (SSSR count). The highest BCUT2D eigenvalue weighted by Crippen LogP contribution is 2.27. The molecule has 0 saturated heterocycles. The van der Waals surface area contributed by atoms with Gasteiger partial charge in [-0.1, -0.05) is 18.3 Å². The van der Waals surface area contributed by atoms with Crippen LogP contribution in [0.2, 0.25) is 0 Å². The summed E-state index contributed by atoms with van der Waals surface area (Å²) in [6, 6.07) is 4.66. The number of anilines is 1. The molecule has 1 unspecified atom stereocenters. The van der Waals surface area contributed by atoms with Crippen LogP contribution in [-0.2, 0) is 0 Å². The van der Waals surface area contributed by atoms with Gasteiger partial charge in [-0.2, -0.15) is 0 Å². The molecule has 1 aromatic carbocycles. The first kappa shape index (κ1) is 12.5. The van der Waals surface area contributed by atoms with Crippen molar-refractivity contribution in [1.82, 2.24) is 9.97 Å². The van der Waals surface area contributed by atoms with Crippen molar-refractivity contribution < 1.29 is 4.39 Å². The summed E-state index contributed by atoms with van der Waals surface area (Å²) in [5.41, 5.74) is 0.829. The summed E-state index contributed by atoms with van der Waals surface area (Å²) in [6.45, 7) is 2.90. The molecule has 0 fully saturated rings. The van der Waals surface area contributed by atoms with E-state index in [1.807, 2.05) is 11.6 Å². The molecule has 1 N–H and O–H groups in total. The molecule has 0 aliphatic heterocycles. The molecule has 19 heavy (non-hydrogen) atoms. The zero-order chi connectivity index (χ0) is 13.2. The van der Waals surface area contributed by atoms with Crippen LogP contribution < -0.4 is 5.32 Å². The molecule has 0 radical (unpaired) electrons. The van der Waals surface area contributed by atoms with Crippen LogP contribution in [0.5, 0.6) is 0 Å². The maximum absolute atomic E-state index is 13.1. The number of fused-ring (bicyclic) bond motifs is 1. The first-order valence-electron chi connectivity index (χ1n) is 5.92. The Bertz CT molecular complexity index is 678. The van der Waals surface area contributed by atoms with Crippen molar-refractivity contribution in [3.63, 3.8) is 0 Å². The third kappa shape index (κ3) is 2.74. The zero-order valence-corrected chi connectivity index (χ0v) is 11.9. The molecule has 0 saturated carbocycles. The van der Waals surface area contributed by atoms with E-state index in [2.05, 4.69) is 22.2 Å². The van der Waals surface area contributed by atoms with Gasteiger partial charge >= 0.3 is 0 Å². The van der Waals surface area contributed by atoms with Gasteiger partial charge in [-0.15, -0.1) is 11.3 Å². The largest absolute Gasteiger partial charge is 0.361 e. The van der Waals surface area contributed by atoms with Gasteiger partial charge in [0.2, 0.25) is 0 Å². The van der Waals surface area contributed by atoms with Crippen LogP contribution in [0.15, 0.2) is 29.8 Å². The fourth-order valence-corrected chi connectivity index (χ4v) is 3.38. The lowest BCUT2D eigenvalue weighted by atomic mass is 10.2. The molecule has 6 heteroatoms. The number of nitrogens with one attached hydrogen (secondary N) is 1. The Morgan fingerprint density at radius 3 is 3.11 bits per heavy atom. The predicted octanol–water partition coefficient (Wildman–Crippen LogP) is 4.11. The smallest absolute Gasteiger partial charge is 0.183 e. The van der Waals surface area contributed by atoms with E-state index < -0.39 is 0 Å². The number of hydrogen-bond acceptors (Lipinski definition) is 5. The molecule has 1 atom stereocenters. The number of hydrogen-bond donors (Lipinski definition) is 1. The summed E-state index contributed by atoms with van der Waals surface area (Å²) in [6.07, 6.45) is 1.82. The molecule has 0 aliphatic rings. The Morgan fingerprint density at radius 2 is 2.32 bits per heavy atom. The van der Waals surface area contributed by atoms with E-state index in [-0.39, 0.29) is 5.82 Å². The third-order valence-electron chi connectivity index (χ3n) is 2.78. The van der Waals surface area contributed by atoms with Gasteiger partial charge < -0.3 is 5.32 Å². The average Bonchev–Trinajstić information content (AvgIpc) is 3.04. The Hall–Kier alpha value is -1.53. The maximum Gasteiger partial charge on any atom is 0.183 e. The number of rotatable bonds is 4. The van der Waals surface area contributed by atoms with E-state index in [1.165, 1.54) is 23.5 Å². The van der Waals surface area contributed by atoms with Crippen LogP contribution in [-0.4, -0.2) is 16.5 Å². The molecule has 2 heterocycles. The second kappa shape index (κ2) is 5.22. The van der Waals surface area contributed by atoms with E-state index in [4.69, 9.17) is 0 Å². The molecular weight excluding hydrogens is 281 g/mol. The number of benzene rings is 1. The van der Waals surface area contributed by atoms with Crippen molar-refractivity contribution in [3.05, 3.63) is 40.6 Å². The average molecular weight is 293 g/mol. The highest BCUT2D eigenvalue weighted by Gasteiger charge is 2.10. The van der Waals surface area contributed by atoms with Crippen molar-refractivity contribution in [2.45, 2.75) is 12.8 Å². The summed E-state index contributed by atoms with van der Waals surface area (Å²) >= 11 is 3.13. The second-order valence-corrected chi connectivity index (χ2v) is 6.24. The SMILES string of the molecule is CC(CNc1nc2ccc(F)cc2s1)c1nccs1. The normalized spacial score (nSPS) is 12.7. The van der Waals surface area contributed by atoms with E-state index in [9.17, 15) is 4.39 Å². The second-order valence-electron chi connectivity index (χ2n) is 4.28. The summed E-state index contributed by atoms with van der Waals surface area (Å²) in [5.74, 6) is 0.114. The van der Waals surface area contributed by atoms with Crippen molar-refractivity contribution in [2.24, 2.45) is 0 Å². The molecule has 0 aliphatic carbocycles. The van der Waals surface area contributed by atoms with E-state index in [0.29, 0.717) is 5.92 Å². The summed E-state index contributed by atoms with van der Waals surface area (Å²) in [4.78, 5) is 8.73. The van der Waals surface area contributed by atoms with Gasteiger partial charge in [-0.3, -0.25) is 0 Å². The zero-order valence-electron chi connectivity index (χ0n) is 10.3. The minimum atomic E-state index is -0.223. The van der Waals surface area contributed by atoms with Gasteiger partial charge in [-0.05, 0) is 18.2 Å². The van der Waals surface area contributed by atoms with Gasteiger partial charge in [0.05, 0.1) is 15.2 Å². The number of thiazole rings is 2. The van der Waals surface area contributed by atoms with Gasteiger partial charge in [0.25, 0.3) is 0 Å². The van der Waals surface area contributed by atoms with Crippen molar-refractivity contribution >= 4 is 38.0 Å². The Labute approximate surface area is 118 Å². The Balaban J connectivity index is 1.71. The van der Waals surface area contributed by atoms with Crippen LogP contribution >= 0.6 is 22.7 Å². The van der Waals surface area contributed by atoms with Crippen LogP contribution in [0.3, 0.4) is 0 Å². The summed E-state index contributed by atoms with van der Waals surface area (Å²) < 4.78 is 14.0. The van der Waals surface area contributed by atoms with Crippen LogP contribution in [0, 0.1) is 5.82 Å². The molecule has 0 bridgehead atoms. The molecule has 98 valence electrons. The molecule has 0 spiro atoms. The minimum Gasteiger partial charge on any atom is -0.361 e. The monoisotopic (exact) mass is 293 g/mol. The number of nitrogens with zero attached hydrogens (tertiary/aromatic N) is 2. The van der Waals surface area contributed by atoms with Crippen molar-refractivity contribution in [1.29, 1.82) is 0 Å². The van der Waals surface area contributed by atoms with Gasteiger partial charge in [-0.25, -0.2) is 14.4 Å². The van der Waals surface area contributed by atoms with Gasteiger partial charge in [0.1, 0.15) is 5.82 Å². The Morgan fingerprint density at radius 1 is 1.42 bits per heavy atom. The van der Waals surface area contributed by atoms with Crippen molar-refractivity contribution in [2.75, 3.05) is 11.9 Å². The van der Waals surface area contributed by atoms with E-state index >= 15 is 0 Å². The molecule has 2 aromatic heterocycles. The fourth-order valence-electron chi connectivity index (χ4n) is 1.78. The topological polar surface area (TPSA) is 37.8 Å². The molecular formula is C13H12FN3S2. The summed E-state index contributed by atoms with van der Waals surface area (Å²) in [5, 5.41) is 7.21. The number of aromatic nitrogens is 2. The number of halogens is 1. The van der Waals surface area contributed by atoms with Crippen LogP contribution in [0.25, 0.3) is 10.2 Å². The molecule has 3 nitrogen and oxygen atoms in total. The van der Waals surface area contributed by atoms with Crippen LogP contribution in [0.4, 0.5) is 9.52 Å². The van der Waals surface area contributed by atoms with E-state index in [1.54, 1.807) is 17.4 Å². The lowest BCUT2D eigenvalue weighted by Gasteiger charge is -2.08. The third-order valence-corrected chi connectivity index (χ3v) is 4.77. The molecule has 0 amide bonds. The summed E-state index contributed by atoms with van der Waals surface area (Å²) in [7, 11) is 0. The Kier molecular flexibility index (Phi) is 3.44. The highest BCUT2D eigenvalue weighted by atomic mass is 32.1. The molecule has 3 aromatic rings. The lowest BCUT2D eigenvalue weighted by molar-refractivity contribution is 0.630. The van der Waals surface area contributed by atoms with Gasteiger partial charge in [0.15, 0.2) is 5.13 Å². The van der Waals surface area contributed by atoms with Crippen molar-refractivity contribution in [3.8, 4) is 0 Å². The lowest BCUT2D eigenvalue weighted by Crippen LogP contribution is -2.09. The fraction of sp³-hybridized carbons (Fsp3) is 0.231. The first-order chi connectivity index (χ1) is 9.22.